The number of hydrogen-bond donors (Lipinski definition) is 1. The van der Waals surface area contributed by atoms with Crippen LogP contribution in [0.25, 0.3) is 0 Å². The summed E-state index contributed by atoms with van der Waals surface area (Å²) in [4.78, 5) is 1.39. The zero-order valence-corrected chi connectivity index (χ0v) is 13.1. The quantitative estimate of drug-likeness (QED) is 0.732. The molecule has 0 aromatic heterocycles. The van der Waals surface area contributed by atoms with Crippen molar-refractivity contribution in [3.8, 4) is 0 Å². The third-order valence-electron chi connectivity index (χ3n) is 4.24. The summed E-state index contributed by atoms with van der Waals surface area (Å²) in [5, 5.41) is 3.51. The van der Waals surface area contributed by atoms with Crippen LogP contribution in [0.2, 0.25) is 0 Å². The smallest absolute Gasteiger partial charge is 0.0320 e. The van der Waals surface area contributed by atoms with Crippen LogP contribution in [0.5, 0.6) is 0 Å². The predicted octanol–water partition coefficient (Wildman–Crippen LogP) is 5.03. The zero-order valence-electron chi connectivity index (χ0n) is 12.3. The lowest BCUT2D eigenvalue weighted by Gasteiger charge is -2.26. The van der Waals surface area contributed by atoms with E-state index in [2.05, 4.69) is 43.6 Å². The van der Waals surface area contributed by atoms with Crippen molar-refractivity contribution in [2.24, 2.45) is 5.92 Å². The number of nitrogens with one attached hydrogen (secondary N) is 1. The van der Waals surface area contributed by atoms with Crippen LogP contribution in [0.4, 0.5) is 0 Å². The van der Waals surface area contributed by atoms with Gasteiger partial charge < -0.3 is 5.32 Å². The second kappa shape index (κ2) is 7.96. The Morgan fingerprint density at radius 1 is 1.16 bits per heavy atom. The minimum Gasteiger partial charge on any atom is -0.313 e. The largest absolute Gasteiger partial charge is 0.313 e. The molecule has 1 aliphatic carbocycles. The minimum absolute atomic E-state index is 0.531. The Bertz CT molecular complexity index is 354. The Kier molecular flexibility index (Phi) is 6.25. The molecule has 1 N–H and O–H groups in total. The van der Waals surface area contributed by atoms with Gasteiger partial charge in [0.05, 0.1) is 0 Å². The van der Waals surface area contributed by atoms with Crippen LogP contribution in [-0.2, 0) is 0 Å². The van der Waals surface area contributed by atoms with Gasteiger partial charge in [0.15, 0.2) is 0 Å². The third kappa shape index (κ3) is 4.54. The van der Waals surface area contributed by atoms with Crippen molar-refractivity contribution in [3.05, 3.63) is 29.8 Å². The van der Waals surface area contributed by atoms with Gasteiger partial charge in [-0.1, -0.05) is 51.2 Å². The lowest BCUT2D eigenvalue weighted by Crippen LogP contribution is -2.21. The van der Waals surface area contributed by atoms with Crippen LogP contribution in [0.1, 0.15) is 57.1 Å². The Morgan fingerprint density at radius 2 is 1.84 bits per heavy atom. The Balaban J connectivity index is 1.95. The van der Waals surface area contributed by atoms with E-state index in [4.69, 9.17) is 0 Å². The Labute approximate surface area is 122 Å². The van der Waals surface area contributed by atoms with Crippen LogP contribution in [0.15, 0.2) is 29.2 Å². The second-order valence-electron chi connectivity index (χ2n) is 5.58. The summed E-state index contributed by atoms with van der Waals surface area (Å²) >= 11 is 1.92. The molecule has 1 nitrogen and oxygen atoms in total. The third-order valence-corrected chi connectivity index (χ3v) is 5.13. The summed E-state index contributed by atoms with van der Waals surface area (Å²) < 4.78 is 0. The fourth-order valence-electron chi connectivity index (χ4n) is 3.14. The van der Waals surface area contributed by atoms with E-state index in [1.165, 1.54) is 49.0 Å². The number of rotatable bonds is 6. The molecular formula is C17H27NS. The van der Waals surface area contributed by atoms with E-state index in [-0.39, 0.29) is 0 Å². The molecule has 2 rings (SSSR count). The Morgan fingerprint density at radius 3 is 2.42 bits per heavy atom. The van der Waals surface area contributed by atoms with Gasteiger partial charge in [-0.05, 0) is 42.8 Å². The molecule has 0 aliphatic heterocycles. The topological polar surface area (TPSA) is 12.0 Å². The van der Waals surface area contributed by atoms with Crippen molar-refractivity contribution in [1.82, 2.24) is 5.32 Å². The van der Waals surface area contributed by atoms with E-state index in [0.717, 1.165) is 11.7 Å². The molecule has 1 fully saturated rings. The summed E-state index contributed by atoms with van der Waals surface area (Å²) in [6.07, 6.45) is 8.49. The molecule has 0 saturated heterocycles. The first-order valence-electron chi connectivity index (χ1n) is 7.73. The van der Waals surface area contributed by atoms with E-state index in [1.54, 1.807) is 0 Å². The van der Waals surface area contributed by atoms with Gasteiger partial charge in [-0.3, -0.25) is 0 Å². The molecule has 2 heteroatoms. The van der Waals surface area contributed by atoms with Crippen molar-refractivity contribution in [2.45, 2.75) is 56.4 Å². The molecule has 0 amide bonds. The maximum absolute atomic E-state index is 3.51. The molecule has 1 atom stereocenters. The van der Waals surface area contributed by atoms with Crippen LogP contribution >= 0.6 is 11.8 Å². The van der Waals surface area contributed by atoms with Gasteiger partial charge in [0.25, 0.3) is 0 Å². The summed E-state index contributed by atoms with van der Waals surface area (Å²) in [5.41, 5.74) is 1.45. The zero-order chi connectivity index (χ0) is 13.5. The first-order chi connectivity index (χ1) is 9.33. The van der Waals surface area contributed by atoms with Crippen LogP contribution in [-0.4, -0.2) is 12.8 Å². The molecule has 1 aromatic carbocycles. The van der Waals surface area contributed by atoms with Gasteiger partial charge in [-0.2, -0.15) is 0 Å². The van der Waals surface area contributed by atoms with Crippen molar-refractivity contribution >= 4 is 11.8 Å². The van der Waals surface area contributed by atoms with E-state index >= 15 is 0 Å². The maximum atomic E-state index is 3.51. The molecule has 1 saturated carbocycles. The summed E-state index contributed by atoms with van der Waals surface area (Å²) in [7, 11) is 2.10. The number of hydrogen-bond acceptors (Lipinski definition) is 2. The van der Waals surface area contributed by atoms with Gasteiger partial charge in [0.2, 0.25) is 0 Å². The molecule has 1 aliphatic rings. The van der Waals surface area contributed by atoms with E-state index < -0.39 is 0 Å². The van der Waals surface area contributed by atoms with Gasteiger partial charge in [-0.15, -0.1) is 11.8 Å². The van der Waals surface area contributed by atoms with E-state index in [9.17, 15) is 0 Å². The van der Waals surface area contributed by atoms with Crippen LogP contribution in [0, 0.1) is 5.92 Å². The summed E-state index contributed by atoms with van der Waals surface area (Å²) in [6, 6.07) is 9.69. The molecule has 1 unspecified atom stereocenters. The highest BCUT2D eigenvalue weighted by molar-refractivity contribution is 7.99. The van der Waals surface area contributed by atoms with Crippen molar-refractivity contribution in [2.75, 3.05) is 12.8 Å². The lowest BCUT2D eigenvalue weighted by atomic mass is 9.83. The average Bonchev–Trinajstić information content (AvgIpc) is 2.47. The maximum Gasteiger partial charge on any atom is 0.0320 e. The van der Waals surface area contributed by atoms with Crippen molar-refractivity contribution in [1.29, 1.82) is 0 Å². The predicted molar refractivity (Wildman–Crippen MR) is 85.8 cm³/mol. The van der Waals surface area contributed by atoms with Crippen molar-refractivity contribution < 1.29 is 0 Å². The lowest BCUT2D eigenvalue weighted by molar-refractivity contribution is 0.306. The molecule has 0 bridgehead atoms. The highest BCUT2D eigenvalue weighted by Crippen LogP contribution is 2.32. The van der Waals surface area contributed by atoms with Crippen molar-refractivity contribution in [3.63, 3.8) is 0 Å². The van der Waals surface area contributed by atoms with Crippen LogP contribution < -0.4 is 5.32 Å². The molecular weight excluding hydrogens is 250 g/mol. The minimum atomic E-state index is 0.531. The fraction of sp³-hybridized carbons (Fsp3) is 0.647. The molecule has 19 heavy (non-hydrogen) atoms. The van der Waals surface area contributed by atoms with E-state index in [1.807, 2.05) is 11.8 Å². The molecule has 0 spiro atoms. The van der Waals surface area contributed by atoms with Crippen LogP contribution in [0.3, 0.4) is 0 Å². The Hall–Kier alpha value is -0.470. The van der Waals surface area contributed by atoms with Gasteiger partial charge in [0.1, 0.15) is 0 Å². The molecule has 0 radical (unpaired) electrons. The van der Waals surface area contributed by atoms with Gasteiger partial charge in [0, 0.05) is 10.9 Å². The second-order valence-corrected chi connectivity index (χ2v) is 6.92. The number of thioether (sulfide) groups is 1. The molecule has 106 valence electrons. The monoisotopic (exact) mass is 277 g/mol. The molecule has 0 heterocycles. The summed E-state index contributed by atoms with van der Waals surface area (Å²) in [5.74, 6) is 2.08. The summed E-state index contributed by atoms with van der Waals surface area (Å²) in [6.45, 7) is 2.21. The average molecular weight is 277 g/mol. The van der Waals surface area contributed by atoms with E-state index in [0.29, 0.717) is 6.04 Å². The number of benzene rings is 1. The standard InChI is InChI=1S/C17H27NS/c1-3-19-16-11-9-15(10-12-16)17(18-2)13-14-7-5-4-6-8-14/h9-12,14,17-18H,3-8,13H2,1-2H3. The highest BCUT2D eigenvalue weighted by Gasteiger charge is 2.19. The SMILES string of the molecule is CCSc1ccc(C(CC2CCCCC2)NC)cc1. The van der Waals surface area contributed by atoms with Gasteiger partial charge in [-0.25, -0.2) is 0 Å². The van der Waals surface area contributed by atoms with Gasteiger partial charge >= 0.3 is 0 Å². The highest BCUT2D eigenvalue weighted by atomic mass is 32.2. The first-order valence-corrected chi connectivity index (χ1v) is 8.72. The normalized spacial score (nSPS) is 18.4. The fourth-order valence-corrected chi connectivity index (χ4v) is 3.80. The first kappa shape index (κ1) is 14.9. The molecule has 1 aromatic rings.